The zero-order valence-corrected chi connectivity index (χ0v) is 15.6. The number of halogens is 1. The van der Waals surface area contributed by atoms with Gasteiger partial charge in [0.05, 0.1) is 24.0 Å². The summed E-state index contributed by atoms with van der Waals surface area (Å²) in [5.41, 5.74) is 5.63. The number of hydrogen-bond acceptors (Lipinski definition) is 4. The maximum atomic E-state index is 12.1. The van der Waals surface area contributed by atoms with E-state index >= 15 is 0 Å². The molecule has 7 heteroatoms. The molecule has 0 spiro atoms. The van der Waals surface area contributed by atoms with Crippen LogP contribution in [0.25, 0.3) is 11.3 Å². The van der Waals surface area contributed by atoms with E-state index in [9.17, 15) is 9.90 Å². The molecule has 0 radical (unpaired) electrons. The van der Waals surface area contributed by atoms with Crippen molar-refractivity contribution in [2.75, 3.05) is 7.11 Å². The number of aromatic hydroxyl groups is 1. The molecule has 0 aliphatic rings. The van der Waals surface area contributed by atoms with E-state index in [0.29, 0.717) is 5.56 Å². The number of hydrogen-bond donors (Lipinski definition) is 2. The smallest absolute Gasteiger partial charge is 0.271 e. The summed E-state index contributed by atoms with van der Waals surface area (Å²) in [6.45, 7) is 0. The second kappa shape index (κ2) is 7.97. The van der Waals surface area contributed by atoms with Gasteiger partial charge in [0, 0.05) is 18.3 Å². The lowest BCUT2D eigenvalue weighted by Gasteiger charge is -2.07. The standard InChI is InChI=1S/C20H18ClN3O3/c1-24-15(6-9-18(24)13-3-7-16(27-2)8-4-13)12-22-23-20(26)14-5-10-19(25)17(21)11-14/h3-12,25H,1-2H3,(H,23,26). The van der Waals surface area contributed by atoms with Gasteiger partial charge in [0.15, 0.2) is 0 Å². The van der Waals surface area contributed by atoms with E-state index in [1.54, 1.807) is 13.3 Å². The van der Waals surface area contributed by atoms with Crippen LogP contribution in [0.1, 0.15) is 16.1 Å². The van der Waals surface area contributed by atoms with Gasteiger partial charge in [0.25, 0.3) is 5.91 Å². The van der Waals surface area contributed by atoms with Crippen molar-refractivity contribution < 1.29 is 14.6 Å². The Morgan fingerprint density at radius 3 is 2.59 bits per heavy atom. The molecule has 0 unspecified atom stereocenters. The molecule has 0 saturated carbocycles. The van der Waals surface area contributed by atoms with Gasteiger partial charge >= 0.3 is 0 Å². The molecule has 2 aromatic carbocycles. The van der Waals surface area contributed by atoms with Crippen LogP contribution >= 0.6 is 11.6 Å². The molecule has 0 fully saturated rings. The molecule has 0 aliphatic heterocycles. The minimum atomic E-state index is -0.419. The quantitative estimate of drug-likeness (QED) is 0.519. The summed E-state index contributed by atoms with van der Waals surface area (Å²) in [5, 5.41) is 13.5. The van der Waals surface area contributed by atoms with Crippen LogP contribution in [0.3, 0.4) is 0 Å². The molecular formula is C20H18ClN3O3. The molecule has 0 aliphatic carbocycles. The second-order valence-corrected chi connectivity index (χ2v) is 6.20. The Bertz CT molecular complexity index is 994. The Morgan fingerprint density at radius 1 is 1.19 bits per heavy atom. The number of rotatable bonds is 5. The summed E-state index contributed by atoms with van der Waals surface area (Å²) < 4.78 is 7.14. The summed E-state index contributed by atoms with van der Waals surface area (Å²) >= 11 is 5.81. The van der Waals surface area contributed by atoms with E-state index < -0.39 is 5.91 Å². The maximum Gasteiger partial charge on any atom is 0.271 e. The van der Waals surface area contributed by atoms with Crippen LogP contribution < -0.4 is 10.2 Å². The molecule has 6 nitrogen and oxygen atoms in total. The van der Waals surface area contributed by atoms with Crippen LogP contribution in [0.5, 0.6) is 11.5 Å². The number of phenols is 1. The highest BCUT2D eigenvalue weighted by atomic mass is 35.5. The van der Waals surface area contributed by atoms with Gasteiger partial charge in [-0.25, -0.2) is 5.43 Å². The van der Waals surface area contributed by atoms with Gasteiger partial charge in [0.1, 0.15) is 11.5 Å². The zero-order valence-electron chi connectivity index (χ0n) is 14.8. The lowest BCUT2D eigenvalue weighted by atomic mass is 10.1. The summed E-state index contributed by atoms with van der Waals surface area (Å²) in [6.07, 6.45) is 1.56. The van der Waals surface area contributed by atoms with Gasteiger partial charge < -0.3 is 14.4 Å². The van der Waals surface area contributed by atoms with Crippen LogP contribution in [0.4, 0.5) is 0 Å². The molecule has 3 aromatic rings. The van der Waals surface area contributed by atoms with Crippen LogP contribution in [0.2, 0.25) is 5.02 Å². The van der Waals surface area contributed by atoms with Crippen molar-refractivity contribution >= 4 is 23.7 Å². The number of nitrogens with zero attached hydrogens (tertiary/aromatic N) is 2. The van der Waals surface area contributed by atoms with Crippen molar-refractivity contribution in [3.63, 3.8) is 0 Å². The van der Waals surface area contributed by atoms with E-state index in [2.05, 4.69) is 10.5 Å². The predicted molar refractivity (Wildman–Crippen MR) is 106 cm³/mol. The highest BCUT2D eigenvalue weighted by Gasteiger charge is 2.08. The van der Waals surface area contributed by atoms with Crippen molar-refractivity contribution in [1.82, 2.24) is 9.99 Å². The molecule has 138 valence electrons. The van der Waals surface area contributed by atoms with Gasteiger partial charge in [0.2, 0.25) is 0 Å². The Morgan fingerprint density at radius 2 is 1.93 bits per heavy atom. The molecule has 0 atom stereocenters. The largest absolute Gasteiger partial charge is 0.506 e. The van der Waals surface area contributed by atoms with Crippen LogP contribution in [0, 0.1) is 0 Å². The third-order valence-corrected chi connectivity index (χ3v) is 4.42. The number of aromatic nitrogens is 1. The molecular weight excluding hydrogens is 366 g/mol. The molecule has 1 amide bonds. The highest BCUT2D eigenvalue weighted by molar-refractivity contribution is 6.32. The summed E-state index contributed by atoms with van der Waals surface area (Å²) in [6, 6.07) is 15.9. The van der Waals surface area contributed by atoms with E-state index in [1.165, 1.54) is 18.2 Å². The van der Waals surface area contributed by atoms with Gasteiger partial charge in [-0.15, -0.1) is 0 Å². The summed E-state index contributed by atoms with van der Waals surface area (Å²) in [7, 11) is 3.55. The van der Waals surface area contributed by atoms with Crippen molar-refractivity contribution in [2.45, 2.75) is 0 Å². The van der Waals surface area contributed by atoms with Crippen LogP contribution in [0.15, 0.2) is 59.7 Å². The Labute approximate surface area is 161 Å². The van der Waals surface area contributed by atoms with E-state index in [-0.39, 0.29) is 10.8 Å². The minimum Gasteiger partial charge on any atom is -0.506 e. The van der Waals surface area contributed by atoms with Crippen molar-refractivity contribution in [1.29, 1.82) is 0 Å². The number of carbonyl (C=O) groups is 1. The van der Waals surface area contributed by atoms with Gasteiger partial charge in [-0.05, 0) is 60.2 Å². The SMILES string of the molecule is COc1ccc(-c2ccc(C=NNC(=O)c3ccc(O)c(Cl)c3)n2C)cc1. The number of nitrogens with one attached hydrogen (secondary N) is 1. The third-order valence-electron chi connectivity index (χ3n) is 4.12. The number of carbonyl (C=O) groups excluding carboxylic acids is 1. The number of ether oxygens (including phenoxy) is 1. The van der Waals surface area contributed by atoms with E-state index in [0.717, 1.165) is 22.7 Å². The predicted octanol–water partition coefficient (Wildman–Crippen LogP) is 3.82. The average molecular weight is 384 g/mol. The van der Waals surface area contributed by atoms with Crippen LogP contribution in [-0.4, -0.2) is 28.9 Å². The lowest BCUT2D eigenvalue weighted by molar-refractivity contribution is 0.0955. The first kappa shape index (κ1) is 18.5. The Kier molecular flexibility index (Phi) is 5.47. The maximum absolute atomic E-state index is 12.1. The normalized spacial score (nSPS) is 10.9. The number of methoxy groups -OCH3 is 1. The first-order chi connectivity index (χ1) is 13.0. The fourth-order valence-corrected chi connectivity index (χ4v) is 2.76. The van der Waals surface area contributed by atoms with Gasteiger partial charge in [-0.3, -0.25) is 4.79 Å². The Balaban J connectivity index is 1.71. The molecule has 1 heterocycles. The van der Waals surface area contributed by atoms with Gasteiger partial charge in [-0.2, -0.15) is 5.10 Å². The van der Waals surface area contributed by atoms with Crippen LogP contribution in [-0.2, 0) is 7.05 Å². The lowest BCUT2D eigenvalue weighted by Crippen LogP contribution is -2.17. The number of hydrazone groups is 1. The first-order valence-corrected chi connectivity index (χ1v) is 8.49. The Hall–Kier alpha value is -3.25. The van der Waals surface area contributed by atoms with Crippen molar-refractivity contribution in [3.8, 4) is 22.8 Å². The molecule has 0 bridgehead atoms. The van der Waals surface area contributed by atoms with E-state index in [4.69, 9.17) is 16.3 Å². The molecule has 0 saturated heterocycles. The monoisotopic (exact) mass is 383 g/mol. The topological polar surface area (TPSA) is 75.8 Å². The fourth-order valence-electron chi connectivity index (χ4n) is 2.58. The fraction of sp³-hybridized carbons (Fsp3) is 0.100. The molecule has 3 rings (SSSR count). The highest BCUT2D eigenvalue weighted by Crippen LogP contribution is 2.24. The third kappa shape index (κ3) is 4.12. The zero-order chi connectivity index (χ0) is 19.4. The molecule has 1 aromatic heterocycles. The second-order valence-electron chi connectivity index (χ2n) is 5.80. The molecule has 2 N–H and O–H groups in total. The number of phenolic OH excluding ortho intramolecular Hbond substituents is 1. The van der Waals surface area contributed by atoms with Crippen molar-refractivity contribution in [3.05, 3.63) is 70.9 Å². The van der Waals surface area contributed by atoms with E-state index in [1.807, 2.05) is 48.0 Å². The number of amides is 1. The summed E-state index contributed by atoms with van der Waals surface area (Å²) in [4.78, 5) is 12.1. The number of benzene rings is 2. The van der Waals surface area contributed by atoms with Gasteiger partial charge in [-0.1, -0.05) is 11.6 Å². The van der Waals surface area contributed by atoms with Crippen molar-refractivity contribution in [2.24, 2.45) is 12.1 Å². The minimum absolute atomic E-state index is 0.0772. The first-order valence-electron chi connectivity index (χ1n) is 8.11. The summed E-state index contributed by atoms with van der Waals surface area (Å²) in [5.74, 6) is 0.302. The average Bonchev–Trinajstić information content (AvgIpc) is 3.04. The molecule has 27 heavy (non-hydrogen) atoms.